The third kappa shape index (κ3) is 1.20. The van der Waals surface area contributed by atoms with E-state index in [9.17, 15) is 0 Å². The first kappa shape index (κ1) is 6.05. The van der Waals surface area contributed by atoms with E-state index in [0.29, 0.717) is 0 Å². The first-order valence-corrected chi connectivity index (χ1v) is 3.27. The maximum absolute atomic E-state index is 7.35. The van der Waals surface area contributed by atoms with Crippen LogP contribution < -0.4 is 11.5 Å². The van der Waals surface area contributed by atoms with E-state index in [1.54, 1.807) is 0 Å². The van der Waals surface area contributed by atoms with Gasteiger partial charge in [0.05, 0.1) is 0 Å². The molecule has 0 saturated heterocycles. The van der Waals surface area contributed by atoms with Crippen LogP contribution in [0.4, 0.5) is 0 Å². The van der Waals surface area contributed by atoms with E-state index in [0.717, 1.165) is 12.8 Å². The predicted molar refractivity (Wildman–Crippen MR) is 33.3 cm³/mol. The van der Waals surface area contributed by atoms with Gasteiger partial charge in [0.2, 0.25) is 0 Å². The van der Waals surface area contributed by atoms with Crippen molar-refractivity contribution >= 4 is 0 Å². The van der Waals surface area contributed by atoms with Crippen LogP contribution in [0, 0.1) is 0 Å². The SMILES string of the molecule is [NH]C1CCCCC1N. The third-order valence-corrected chi connectivity index (χ3v) is 1.82. The fraction of sp³-hybridized carbons (Fsp3) is 1.00. The molecule has 47 valence electrons. The minimum atomic E-state index is 0.0312. The van der Waals surface area contributed by atoms with Crippen molar-refractivity contribution in [1.82, 2.24) is 5.73 Å². The average Bonchev–Trinajstić information content (AvgIpc) is 1.77. The van der Waals surface area contributed by atoms with Crippen LogP contribution in [0.25, 0.3) is 0 Å². The van der Waals surface area contributed by atoms with Crippen molar-refractivity contribution in [2.75, 3.05) is 0 Å². The Balaban J connectivity index is 2.28. The number of hydrogen-bond donors (Lipinski definition) is 1. The highest BCUT2D eigenvalue weighted by Crippen LogP contribution is 2.15. The molecule has 0 aromatic heterocycles. The fourth-order valence-corrected chi connectivity index (χ4v) is 1.16. The fourth-order valence-electron chi connectivity index (χ4n) is 1.16. The molecule has 2 atom stereocenters. The van der Waals surface area contributed by atoms with Crippen molar-refractivity contribution in [3.05, 3.63) is 0 Å². The van der Waals surface area contributed by atoms with Crippen molar-refractivity contribution < 1.29 is 0 Å². The maximum Gasteiger partial charge on any atom is 0.0364 e. The van der Waals surface area contributed by atoms with Crippen LogP contribution in [0.5, 0.6) is 0 Å². The Kier molecular flexibility index (Phi) is 1.86. The standard InChI is InChI=1S/C6H13N2/c7-5-3-1-2-4-6(5)8/h5-7H,1-4,8H2. The summed E-state index contributed by atoms with van der Waals surface area (Å²) in [5.41, 5.74) is 12.9. The summed E-state index contributed by atoms with van der Waals surface area (Å²) in [6.45, 7) is 0. The normalized spacial score (nSPS) is 39.8. The van der Waals surface area contributed by atoms with Gasteiger partial charge in [-0.15, -0.1) is 0 Å². The zero-order chi connectivity index (χ0) is 5.98. The van der Waals surface area contributed by atoms with Gasteiger partial charge in [-0.1, -0.05) is 12.8 Å². The molecule has 3 N–H and O–H groups in total. The summed E-state index contributed by atoms with van der Waals surface area (Å²) in [4.78, 5) is 0. The molecule has 0 amide bonds. The van der Waals surface area contributed by atoms with Gasteiger partial charge in [-0.2, -0.15) is 0 Å². The zero-order valence-electron chi connectivity index (χ0n) is 5.06. The van der Waals surface area contributed by atoms with Gasteiger partial charge in [-0.05, 0) is 12.8 Å². The monoisotopic (exact) mass is 113 g/mol. The zero-order valence-corrected chi connectivity index (χ0v) is 5.06. The van der Waals surface area contributed by atoms with Crippen LogP contribution in [0.1, 0.15) is 25.7 Å². The molecule has 0 aliphatic heterocycles. The molecule has 1 fully saturated rings. The number of nitrogens with one attached hydrogen (secondary N) is 1. The molecule has 1 aliphatic carbocycles. The Hall–Kier alpha value is -0.0800. The van der Waals surface area contributed by atoms with Crippen molar-refractivity contribution in [1.29, 1.82) is 0 Å². The molecule has 2 nitrogen and oxygen atoms in total. The van der Waals surface area contributed by atoms with E-state index >= 15 is 0 Å². The van der Waals surface area contributed by atoms with Gasteiger partial charge in [-0.3, -0.25) is 5.73 Å². The molecule has 0 aromatic carbocycles. The molecule has 0 aromatic rings. The number of rotatable bonds is 0. The second-order valence-corrected chi connectivity index (χ2v) is 2.55. The summed E-state index contributed by atoms with van der Waals surface area (Å²) in [5, 5.41) is 0. The van der Waals surface area contributed by atoms with Crippen molar-refractivity contribution in [2.24, 2.45) is 5.73 Å². The van der Waals surface area contributed by atoms with Crippen molar-refractivity contribution in [3.63, 3.8) is 0 Å². The highest BCUT2D eigenvalue weighted by atomic mass is 14.8. The Morgan fingerprint density at radius 2 is 1.88 bits per heavy atom. The summed E-state index contributed by atoms with van der Waals surface area (Å²) >= 11 is 0. The molecule has 2 heteroatoms. The quantitative estimate of drug-likeness (QED) is 0.489. The first-order chi connectivity index (χ1) is 3.80. The summed E-state index contributed by atoms with van der Waals surface area (Å²) in [7, 11) is 0. The van der Waals surface area contributed by atoms with Gasteiger partial charge in [0.15, 0.2) is 0 Å². The molecule has 0 spiro atoms. The lowest BCUT2D eigenvalue weighted by molar-refractivity contribution is 0.377. The summed E-state index contributed by atoms with van der Waals surface area (Å²) in [6, 6.07) is 0.201. The molecule has 0 heterocycles. The Bertz CT molecular complexity index is 62.9. The van der Waals surface area contributed by atoms with Crippen LogP contribution in [-0.4, -0.2) is 12.1 Å². The van der Waals surface area contributed by atoms with Crippen molar-refractivity contribution in [3.8, 4) is 0 Å². The van der Waals surface area contributed by atoms with Gasteiger partial charge in [0.25, 0.3) is 0 Å². The van der Waals surface area contributed by atoms with Gasteiger partial charge in [0, 0.05) is 12.1 Å². The minimum Gasteiger partial charge on any atom is -0.326 e. The Labute approximate surface area is 50.2 Å². The predicted octanol–water partition coefficient (Wildman–Crippen LogP) is 0.539. The summed E-state index contributed by atoms with van der Waals surface area (Å²) < 4.78 is 0. The van der Waals surface area contributed by atoms with Crippen molar-refractivity contribution in [2.45, 2.75) is 37.8 Å². The van der Waals surface area contributed by atoms with E-state index in [2.05, 4.69) is 0 Å². The topological polar surface area (TPSA) is 49.8 Å². The highest BCUT2D eigenvalue weighted by molar-refractivity contribution is 4.79. The Morgan fingerprint density at radius 1 is 1.25 bits per heavy atom. The largest absolute Gasteiger partial charge is 0.326 e. The second kappa shape index (κ2) is 2.46. The second-order valence-electron chi connectivity index (χ2n) is 2.55. The van der Waals surface area contributed by atoms with Crippen LogP contribution in [0.15, 0.2) is 0 Å². The molecule has 1 saturated carbocycles. The molecule has 1 rings (SSSR count). The van der Waals surface area contributed by atoms with E-state index in [1.807, 2.05) is 0 Å². The third-order valence-electron chi connectivity index (χ3n) is 1.82. The van der Waals surface area contributed by atoms with E-state index in [4.69, 9.17) is 11.5 Å². The lowest BCUT2D eigenvalue weighted by Crippen LogP contribution is -2.38. The molecule has 1 aliphatic rings. The molecule has 0 bridgehead atoms. The lowest BCUT2D eigenvalue weighted by Gasteiger charge is -2.23. The van der Waals surface area contributed by atoms with Gasteiger partial charge >= 0.3 is 0 Å². The average molecular weight is 113 g/mol. The van der Waals surface area contributed by atoms with Gasteiger partial charge in [-0.25, -0.2) is 0 Å². The number of nitrogens with two attached hydrogens (primary N) is 1. The molecule has 2 unspecified atom stereocenters. The smallest absolute Gasteiger partial charge is 0.0364 e. The van der Waals surface area contributed by atoms with E-state index in [-0.39, 0.29) is 12.1 Å². The molecule has 1 radical (unpaired) electrons. The van der Waals surface area contributed by atoms with Crippen LogP contribution in [0.2, 0.25) is 0 Å². The van der Waals surface area contributed by atoms with Gasteiger partial charge in [0.1, 0.15) is 0 Å². The highest BCUT2D eigenvalue weighted by Gasteiger charge is 2.17. The summed E-state index contributed by atoms with van der Waals surface area (Å²) in [6.07, 6.45) is 4.52. The van der Waals surface area contributed by atoms with E-state index in [1.165, 1.54) is 12.8 Å². The minimum absolute atomic E-state index is 0.0312. The molecule has 8 heavy (non-hydrogen) atoms. The van der Waals surface area contributed by atoms with Crippen LogP contribution in [-0.2, 0) is 0 Å². The Morgan fingerprint density at radius 3 is 2.25 bits per heavy atom. The summed E-state index contributed by atoms with van der Waals surface area (Å²) in [5.74, 6) is 0. The lowest BCUT2D eigenvalue weighted by atomic mass is 9.92. The molecular formula is C6H13N2. The first-order valence-electron chi connectivity index (χ1n) is 3.27. The number of hydrogen-bond acceptors (Lipinski definition) is 1. The maximum atomic E-state index is 7.35. The van der Waals surface area contributed by atoms with E-state index < -0.39 is 0 Å². The van der Waals surface area contributed by atoms with Gasteiger partial charge < -0.3 is 5.73 Å². The molecular weight excluding hydrogens is 100 g/mol. The van der Waals surface area contributed by atoms with Crippen LogP contribution >= 0.6 is 0 Å². The van der Waals surface area contributed by atoms with Crippen LogP contribution in [0.3, 0.4) is 0 Å².